The molecular weight excluding hydrogens is 318 g/mol. The minimum atomic E-state index is -0.196. The minimum Gasteiger partial charge on any atom is -0.492 e. The lowest BCUT2D eigenvalue weighted by atomic mass is 10.3. The Hall–Kier alpha value is -1.79. The van der Waals surface area contributed by atoms with E-state index in [-0.39, 0.29) is 30.9 Å². The van der Waals surface area contributed by atoms with Gasteiger partial charge in [0.1, 0.15) is 12.4 Å². The Kier molecular flexibility index (Phi) is 8.43. The zero-order chi connectivity index (χ0) is 17.2. The first-order valence-corrected chi connectivity index (χ1v) is 7.87. The number of hydrogen-bond acceptors (Lipinski definition) is 4. The third kappa shape index (κ3) is 9.05. The van der Waals surface area contributed by atoms with E-state index < -0.39 is 0 Å². The summed E-state index contributed by atoms with van der Waals surface area (Å²) in [5.41, 5.74) is 0. The number of nitrogens with zero attached hydrogens (tertiary/aromatic N) is 1. The predicted molar refractivity (Wildman–Crippen MR) is 90.7 cm³/mol. The first-order chi connectivity index (χ1) is 10.9. The molecule has 0 aliphatic carbocycles. The average Bonchev–Trinajstić information content (AvgIpc) is 2.46. The van der Waals surface area contributed by atoms with E-state index in [4.69, 9.17) is 16.3 Å². The lowest BCUT2D eigenvalue weighted by molar-refractivity contribution is -0.126. The van der Waals surface area contributed by atoms with Crippen LogP contribution in [-0.2, 0) is 9.59 Å². The van der Waals surface area contributed by atoms with Crippen molar-refractivity contribution in [2.45, 2.75) is 19.9 Å². The molecule has 6 nitrogen and oxygen atoms in total. The zero-order valence-electron chi connectivity index (χ0n) is 13.8. The number of nitrogens with one attached hydrogen (secondary N) is 2. The quantitative estimate of drug-likeness (QED) is 0.710. The summed E-state index contributed by atoms with van der Waals surface area (Å²) in [7, 11) is 1.82. The van der Waals surface area contributed by atoms with Crippen LogP contribution in [0.3, 0.4) is 0 Å². The first-order valence-electron chi connectivity index (χ1n) is 7.50. The van der Waals surface area contributed by atoms with Gasteiger partial charge in [0.2, 0.25) is 11.8 Å². The summed E-state index contributed by atoms with van der Waals surface area (Å²) in [6.45, 7) is 4.99. The standard InChI is InChI=1S/C16H24ClN3O3/c1-12(2)19-15(21)10-18-16(22)11-20(3)8-9-23-14-6-4-13(17)5-7-14/h4-7,12H,8-11H2,1-3H3,(H,18,22)(H,19,21). The molecule has 0 fully saturated rings. The molecule has 0 bridgehead atoms. The van der Waals surface area contributed by atoms with Crippen LogP contribution in [0.2, 0.25) is 5.02 Å². The molecule has 0 spiro atoms. The molecule has 1 aromatic rings. The highest BCUT2D eigenvalue weighted by Gasteiger charge is 2.09. The Morgan fingerprint density at radius 3 is 2.48 bits per heavy atom. The number of carbonyl (C=O) groups is 2. The summed E-state index contributed by atoms with van der Waals surface area (Å²) >= 11 is 5.80. The van der Waals surface area contributed by atoms with E-state index in [0.29, 0.717) is 18.2 Å². The van der Waals surface area contributed by atoms with Gasteiger partial charge >= 0.3 is 0 Å². The highest BCUT2D eigenvalue weighted by atomic mass is 35.5. The average molecular weight is 342 g/mol. The summed E-state index contributed by atoms with van der Waals surface area (Å²) in [6, 6.07) is 7.17. The summed E-state index contributed by atoms with van der Waals surface area (Å²) in [5, 5.41) is 5.96. The molecule has 0 aliphatic rings. The van der Waals surface area contributed by atoms with Gasteiger partial charge in [-0.25, -0.2) is 0 Å². The van der Waals surface area contributed by atoms with Gasteiger partial charge in [0.25, 0.3) is 0 Å². The van der Waals surface area contributed by atoms with Crippen molar-refractivity contribution in [3.8, 4) is 5.75 Å². The molecule has 2 amide bonds. The molecule has 2 N–H and O–H groups in total. The summed E-state index contributed by atoms with van der Waals surface area (Å²) in [5.74, 6) is 0.345. The minimum absolute atomic E-state index is 0.00781. The van der Waals surface area contributed by atoms with Gasteiger partial charge in [0.15, 0.2) is 0 Å². The normalized spacial score (nSPS) is 10.7. The Bertz CT molecular complexity index is 506. The van der Waals surface area contributed by atoms with Crippen molar-refractivity contribution < 1.29 is 14.3 Å². The highest BCUT2D eigenvalue weighted by Crippen LogP contribution is 2.15. The fraction of sp³-hybridized carbons (Fsp3) is 0.500. The molecule has 1 aromatic carbocycles. The van der Waals surface area contributed by atoms with Crippen LogP contribution in [-0.4, -0.2) is 56.0 Å². The van der Waals surface area contributed by atoms with Gasteiger partial charge < -0.3 is 15.4 Å². The van der Waals surface area contributed by atoms with Crippen molar-refractivity contribution in [2.24, 2.45) is 0 Å². The topological polar surface area (TPSA) is 70.7 Å². The van der Waals surface area contributed by atoms with Crippen LogP contribution >= 0.6 is 11.6 Å². The maximum atomic E-state index is 11.7. The van der Waals surface area contributed by atoms with E-state index in [1.165, 1.54) is 0 Å². The Labute approximate surface area is 142 Å². The Morgan fingerprint density at radius 2 is 1.87 bits per heavy atom. The molecule has 0 unspecified atom stereocenters. The zero-order valence-corrected chi connectivity index (χ0v) is 14.5. The van der Waals surface area contributed by atoms with Crippen molar-refractivity contribution >= 4 is 23.4 Å². The number of halogens is 1. The van der Waals surface area contributed by atoms with E-state index in [2.05, 4.69) is 10.6 Å². The van der Waals surface area contributed by atoms with Crippen LogP contribution in [0.1, 0.15) is 13.8 Å². The molecule has 1 rings (SSSR count). The van der Waals surface area contributed by atoms with Crippen LogP contribution < -0.4 is 15.4 Å². The lowest BCUT2D eigenvalue weighted by Crippen LogP contribution is -2.43. The molecule has 0 aliphatic heterocycles. The second-order valence-corrected chi connectivity index (χ2v) is 5.98. The van der Waals surface area contributed by atoms with Crippen LogP contribution in [0.25, 0.3) is 0 Å². The number of benzene rings is 1. The fourth-order valence-electron chi connectivity index (χ4n) is 1.78. The molecule has 0 atom stereocenters. The van der Waals surface area contributed by atoms with E-state index in [0.717, 1.165) is 5.75 Å². The Balaban J connectivity index is 2.17. The highest BCUT2D eigenvalue weighted by molar-refractivity contribution is 6.30. The number of hydrogen-bond donors (Lipinski definition) is 2. The first kappa shape index (κ1) is 19.3. The number of likely N-dealkylation sites (N-methyl/N-ethyl adjacent to an activating group) is 1. The van der Waals surface area contributed by atoms with Crippen LogP contribution in [0.4, 0.5) is 0 Å². The molecule has 23 heavy (non-hydrogen) atoms. The van der Waals surface area contributed by atoms with Crippen molar-refractivity contribution in [1.82, 2.24) is 15.5 Å². The molecule has 0 aromatic heterocycles. The van der Waals surface area contributed by atoms with Gasteiger partial charge in [-0.15, -0.1) is 0 Å². The van der Waals surface area contributed by atoms with Gasteiger partial charge in [-0.05, 0) is 45.2 Å². The van der Waals surface area contributed by atoms with Gasteiger partial charge in [-0.2, -0.15) is 0 Å². The third-order valence-electron chi connectivity index (χ3n) is 2.86. The summed E-state index contributed by atoms with van der Waals surface area (Å²) in [6.07, 6.45) is 0. The van der Waals surface area contributed by atoms with Gasteiger partial charge in [0.05, 0.1) is 13.1 Å². The molecule has 7 heteroatoms. The number of ether oxygens (including phenoxy) is 1. The van der Waals surface area contributed by atoms with Gasteiger partial charge in [-0.3, -0.25) is 14.5 Å². The molecule has 0 saturated carbocycles. The lowest BCUT2D eigenvalue weighted by Gasteiger charge is -2.17. The van der Waals surface area contributed by atoms with Gasteiger partial charge in [-0.1, -0.05) is 11.6 Å². The largest absolute Gasteiger partial charge is 0.492 e. The van der Waals surface area contributed by atoms with Crippen molar-refractivity contribution in [3.63, 3.8) is 0 Å². The second kappa shape index (κ2) is 10.1. The molecule has 128 valence electrons. The summed E-state index contributed by atoms with van der Waals surface area (Å²) in [4.78, 5) is 25.0. The van der Waals surface area contributed by atoms with Gasteiger partial charge in [0, 0.05) is 17.6 Å². The van der Waals surface area contributed by atoms with E-state index in [9.17, 15) is 9.59 Å². The van der Waals surface area contributed by atoms with Crippen molar-refractivity contribution in [1.29, 1.82) is 0 Å². The number of carbonyl (C=O) groups excluding carboxylic acids is 2. The molecule has 0 heterocycles. The second-order valence-electron chi connectivity index (χ2n) is 5.54. The summed E-state index contributed by atoms with van der Waals surface area (Å²) < 4.78 is 5.56. The number of rotatable bonds is 9. The van der Waals surface area contributed by atoms with Crippen molar-refractivity contribution in [3.05, 3.63) is 29.3 Å². The van der Waals surface area contributed by atoms with E-state index in [1.807, 2.05) is 25.8 Å². The maximum Gasteiger partial charge on any atom is 0.239 e. The number of amides is 2. The molecular formula is C16H24ClN3O3. The van der Waals surface area contributed by atoms with Crippen LogP contribution in [0.5, 0.6) is 5.75 Å². The molecule has 0 saturated heterocycles. The predicted octanol–water partition coefficient (Wildman–Crippen LogP) is 1.29. The van der Waals surface area contributed by atoms with Crippen LogP contribution in [0.15, 0.2) is 24.3 Å². The monoisotopic (exact) mass is 341 g/mol. The molecule has 0 radical (unpaired) electrons. The Morgan fingerprint density at radius 1 is 1.22 bits per heavy atom. The third-order valence-corrected chi connectivity index (χ3v) is 3.12. The van der Waals surface area contributed by atoms with Crippen molar-refractivity contribution in [2.75, 3.05) is 33.3 Å². The fourth-order valence-corrected chi connectivity index (χ4v) is 1.91. The maximum absolute atomic E-state index is 11.7. The SMILES string of the molecule is CC(C)NC(=O)CNC(=O)CN(C)CCOc1ccc(Cl)cc1. The van der Waals surface area contributed by atoms with E-state index >= 15 is 0 Å². The smallest absolute Gasteiger partial charge is 0.239 e. The van der Waals surface area contributed by atoms with Crippen LogP contribution in [0, 0.1) is 0 Å². The van der Waals surface area contributed by atoms with E-state index in [1.54, 1.807) is 24.3 Å².